The third-order valence-corrected chi connectivity index (χ3v) is 7.21. The van der Waals surface area contributed by atoms with E-state index in [2.05, 4.69) is 45.5 Å². The second-order valence-corrected chi connectivity index (χ2v) is 9.98. The second kappa shape index (κ2) is 8.28. The summed E-state index contributed by atoms with van der Waals surface area (Å²) in [7, 11) is 4.23. The minimum atomic E-state index is -0.383. The topological polar surface area (TPSA) is 64.0 Å². The lowest BCUT2D eigenvalue weighted by Crippen LogP contribution is -2.52. The molecule has 2 amide bonds. The second-order valence-electron chi connectivity index (χ2n) is 9.58. The first-order chi connectivity index (χ1) is 14.9. The number of nitrogens with one attached hydrogen (secondary N) is 2. The first-order valence-electron chi connectivity index (χ1n) is 11.4. The van der Waals surface area contributed by atoms with Crippen molar-refractivity contribution in [2.75, 3.05) is 52.3 Å². The van der Waals surface area contributed by atoms with E-state index in [1.165, 1.54) is 6.42 Å². The van der Waals surface area contributed by atoms with Gasteiger partial charge in [0.2, 0.25) is 0 Å². The number of halogens is 1. The molecule has 1 spiro atoms. The van der Waals surface area contributed by atoms with Gasteiger partial charge in [-0.25, -0.2) is 4.79 Å². The maximum atomic E-state index is 12.4. The monoisotopic (exact) mass is 445 g/mol. The van der Waals surface area contributed by atoms with E-state index in [1.807, 2.05) is 6.07 Å². The summed E-state index contributed by atoms with van der Waals surface area (Å²) in [4.78, 5) is 19.6. The van der Waals surface area contributed by atoms with Gasteiger partial charge in [-0.15, -0.1) is 0 Å². The highest BCUT2D eigenvalue weighted by Gasteiger charge is 2.43. The molecule has 8 heteroatoms. The highest BCUT2D eigenvalue weighted by Crippen LogP contribution is 2.49. The lowest BCUT2D eigenvalue weighted by molar-refractivity contribution is 0.0866. The number of urea groups is 1. The Morgan fingerprint density at radius 2 is 1.81 bits per heavy atom. The number of benzene rings is 1. The predicted octanol–water partition coefficient (Wildman–Crippen LogP) is 4.02. The van der Waals surface area contributed by atoms with Crippen LogP contribution < -0.4 is 10.6 Å². The van der Waals surface area contributed by atoms with Crippen molar-refractivity contribution in [2.24, 2.45) is 0 Å². The summed E-state index contributed by atoms with van der Waals surface area (Å²) in [6.07, 6.45) is 5.24. The number of anilines is 1. The number of rotatable bonds is 4. The first-order valence-corrected chi connectivity index (χ1v) is 11.8. The van der Waals surface area contributed by atoms with Gasteiger partial charge in [0, 0.05) is 37.1 Å². The van der Waals surface area contributed by atoms with Crippen molar-refractivity contribution < 1.29 is 9.21 Å². The number of hydrogen-bond donors (Lipinski definition) is 2. The largest absolute Gasteiger partial charge is 0.459 e. The first kappa shape index (κ1) is 21.1. The Hall–Kier alpha value is -1.80. The van der Waals surface area contributed by atoms with Crippen LogP contribution in [0.4, 0.5) is 10.5 Å². The van der Waals surface area contributed by atoms with Crippen molar-refractivity contribution >= 4 is 34.3 Å². The fourth-order valence-electron chi connectivity index (χ4n) is 5.52. The van der Waals surface area contributed by atoms with Gasteiger partial charge in [-0.05, 0) is 39.1 Å². The molecular formula is C23H32ClN5O2. The van der Waals surface area contributed by atoms with Crippen molar-refractivity contribution in [2.45, 2.75) is 44.2 Å². The number of fused-ring (bicyclic) bond motifs is 4. The summed E-state index contributed by atoms with van der Waals surface area (Å²) >= 11 is 6.64. The highest BCUT2D eigenvalue weighted by atomic mass is 35.5. The van der Waals surface area contributed by atoms with Gasteiger partial charge in [0.15, 0.2) is 0 Å². The van der Waals surface area contributed by atoms with Gasteiger partial charge in [0.25, 0.3) is 0 Å². The minimum Gasteiger partial charge on any atom is -0.459 e. The summed E-state index contributed by atoms with van der Waals surface area (Å²) in [6, 6.07) is 3.89. The fraction of sp³-hybridized carbons (Fsp3) is 0.609. The number of hydrogen-bond acceptors (Lipinski definition) is 5. The molecule has 1 saturated heterocycles. The van der Waals surface area contributed by atoms with Crippen LogP contribution in [0.3, 0.4) is 0 Å². The van der Waals surface area contributed by atoms with Gasteiger partial charge >= 0.3 is 6.03 Å². The zero-order valence-corrected chi connectivity index (χ0v) is 19.2. The van der Waals surface area contributed by atoms with Crippen LogP contribution in [0.15, 0.2) is 16.5 Å². The molecule has 31 heavy (non-hydrogen) atoms. The van der Waals surface area contributed by atoms with E-state index < -0.39 is 0 Å². The molecule has 0 unspecified atom stereocenters. The van der Waals surface area contributed by atoms with Crippen molar-refractivity contribution in [3.63, 3.8) is 0 Å². The van der Waals surface area contributed by atoms with E-state index in [4.69, 9.17) is 16.0 Å². The number of nitrogens with zero attached hydrogens (tertiary/aromatic N) is 3. The van der Waals surface area contributed by atoms with Crippen LogP contribution >= 0.6 is 11.6 Å². The average molecular weight is 446 g/mol. The Morgan fingerprint density at radius 3 is 2.52 bits per heavy atom. The molecule has 3 aliphatic rings. The van der Waals surface area contributed by atoms with Gasteiger partial charge in [0.1, 0.15) is 11.3 Å². The molecule has 0 atom stereocenters. The smallest absolute Gasteiger partial charge is 0.319 e. The predicted molar refractivity (Wildman–Crippen MR) is 124 cm³/mol. The van der Waals surface area contributed by atoms with Crippen LogP contribution in [-0.4, -0.2) is 67.7 Å². The molecule has 5 rings (SSSR count). The Morgan fingerprint density at radius 1 is 1.10 bits per heavy atom. The number of carbonyl (C=O) groups is 1. The molecule has 1 aromatic heterocycles. The Kier molecular flexibility index (Phi) is 5.63. The van der Waals surface area contributed by atoms with Crippen LogP contribution in [0.25, 0.3) is 11.0 Å². The highest BCUT2D eigenvalue weighted by molar-refractivity contribution is 6.35. The Labute approximate surface area is 188 Å². The molecule has 3 heterocycles. The Balaban J connectivity index is 1.43. The van der Waals surface area contributed by atoms with E-state index in [0.717, 1.165) is 93.1 Å². The molecule has 1 aliphatic carbocycles. The third kappa shape index (κ3) is 4.04. The van der Waals surface area contributed by atoms with Gasteiger partial charge < -0.3 is 15.1 Å². The number of furan rings is 1. The summed E-state index contributed by atoms with van der Waals surface area (Å²) in [5.41, 5.74) is 2.25. The standard InChI is InChI=1S/C23H32ClN5O2/c1-27(2)15-29-10-8-28(9-11-29)14-17-12-16-13-18(24)20-19(21(16)31-17)23(26-22(30)25-20)6-4-3-5-7-23/h12-13H,3-11,14-15H2,1-2H3,(H2,25,26,30). The summed E-state index contributed by atoms with van der Waals surface area (Å²) in [6.45, 7) is 6.00. The normalized spacial score (nSPS) is 22.0. The van der Waals surface area contributed by atoms with E-state index in [1.54, 1.807) is 0 Å². The summed E-state index contributed by atoms with van der Waals surface area (Å²) < 4.78 is 6.46. The molecule has 7 nitrogen and oxygen atoms in total. The van der Waals surface area contributed by atoms with Crippen LogP contribution in [-0.2, 0) is 12.1 Å². The van der Waals surface area contributed by atoms with Crippen molar-refractivity contribution in [1.29, 1.82) is 0 Å². The van der Waals surface area contributed by atoms with Gasteiger partial charge in [-0.1, -0.05) is 30.9 Å². The van der Waals surface area contributed by atoms with Crippen LogP contribution in [0.2, 0.25) is 5.02 Å². The molecule has 2 aromatic rings. The van der Waals surface area contributed by atoms with Crippen molar-refractivity contribution in [3.05, 3.63) is 28.5 Å². The lowest BCUT2D eigenvalue weighted by Gasteiger charge is -2.42. The molecule has 0 radical (unpaired) electrons. The van der Waals surface area contributed by atoms with Gasteiger partial charge in [0.05, 0.1) is 29.5 Å². The van der Waals surface area contributed by atoms with Gasteiger partial charge in [-0.2, -0.15) is 0 Å². The minimum absolute atomic E-state index is 0.168. The fourth-order valence-corrected chi connectivity index (χ4v) is 5.78. The summed E-state index contributed by atoms with van der Waals surface area (Å²) in [5, 5.41) is 7.78. The van der Waals surface area contributed by atoms with E-state index in [9.17, 15) is 4.79 Å². The molecule has 0 bridgehead atoms. The zero-order valence-electron chi connectivity index (χ0n) is 18.5. The van der Waals surface area contributed by atoms with Crippen molar-refractivity contribution in [1.82, 2.24) is 20.0 Å². The van der Waals surface area contributed by atoms with E-state index >= 15 is 0 Å². The molecule has 1 saturated carbocycles. The average Bonchev–Trinajstić information content (AvgIpc) is 3.11. The zero-order chi connectivity index (χ0) is 21.6. The molecule has 2 N–H and O–H groups in total. The van der Waals surface area contributed by atoms with Crippen LogP contribution in [0.1, 0.15) is 43.4 Å². The molecule has 1 aromatic carbocycles. The van der Waals surface area contributed by atoms with Gasteiger partial charge in [-0.3, -0.25) is 14.7 Å². The third-order valence-electron chi connectivity index (χ3n) is 6.91. The molecule has 168 valence electrons. The number of carbonyl (C=O) groups excluding carboxylic acids is 1. The Bertz CT molecular complexity index is 974. The number of amides is 2. The van der Waals surface area contributed by atoms with E-state index in [0.29, 0.717) is 5.02 Å². The van der Waals surface area contributed by atoms with Crippen molar-refractivity contribution in [3.8, 4) is 0 Å². The molecule has 2 aliphatic heterocycles. The summed E-state index contributed by atoms with van der Waals surface area (Å²) in [5.74, 6) is 0.961. The SMILES string of the molecule is CN(C)CN1CCN(Cc2cc3cc(Cl)c4c(c3o2)C2(CCCCC2)NC(=O)N4)CC1. The molecular weight excluding hydrogens is 414 g/mol. The maximum absolute atomic E-state index is 12.4. The maximum Gasteiger partial charge on any atom is 0.319 e. The molecule has 2 fully saturated rings. The van der Waals surface area contributed by atoms with E-state index in [-0.39, 0.29) is 11.6 Å². The van der Waals surface area contributed by atoms with Crippen LogP contribution in [0.5, 0.6) is 0 Å². The lowest BCUT2D eigenvalue weighted by atomic mass is 9.74. The van der Waals surface area contributed by atoms with Crippen LogP contribution in [0, 0.1) is 0 Å². The number of piperazine rings is 1. The quantitative estimate of drug-likeness (QED) is 0.744.